The Kier molecular flexibility index (Phi) is 13.7. The fourth-order valence-electron chi connectivity index (χ4n) is 4.21. The molecule has 0 radical (unpaired) electrons. The van der Waals surface area contributed by atoms with E-state index in [4.69, 9.17) is 15.6 Å². The zero-order valence-electron chi connectivity index (χ0n) is 22.9. The molecule has 0 aliphatic heterocycles. The zero-order chi connectivity index (χ0) is 28.6. The van der Waals surface area contributed by atoms with Crippen LogP contribution in [-0.2, 0) is 30.3 Å². The third kappa shape index (κ3) is 12.1. The number of carbonyl (C=O) groups excluding carboxylic acids is 3. The molecule has 9 heteroatoms. The number of ether oxygens (including phenoxy) is 1. The summed E-state index contributed by atoms with van der Waals surface area (Å²) in [5.41, 5.74) is 8.70. The van der Waals surface area contributed by atoms with Crippen molar-refractivity contribution in [1.29, 1.82) is 0 Å². The average Bonchev–Trinajstić information content (AvgIpc) is 2.92. The van der Waals surface area contributed by atoms with Gasteiger partial charge in [-0.15, -0.1) is 0 Å². The van der Waals surface area contributed by atoms with Crippen molar-refractivity contribution in [2.45, 2.75) is 70.9 Å². The maximum Gasteiger partial charge on any atom is 0.320 e. The minimum atomic E-state index is -1.04. The number of hydrogen-bond acceptors (Lipinski definition) is 6. The number of benzene rings is 2. The van der Waals surface area contributed by atoms with Gasteiger partial charge in [-0.25, -0.2) is 0 Å². The molecular weight excluding hydrogens is 498 g/mol. The Bertz CT molecular complexity index is 1060. The second kappa shape index (κ2) is 17.0. The molecule has 2 aromatic carbocycles. The first kappa shape index (κ1) is 31.5. The zero-order valence-corrected chi connectivity index (χ0v) is 22.9. The molecule has 0 spiro atoms. The van der Waals surface area contributed by atoms with E-state index < -0.39 is 17.9 Å². The van der Waals surface area contributed by atoms with Crippen LogP contribution >= 0.6 is 0 Å². The van der Waals surface area contributed by atoms with E-state index in [1.165, 1.54) is 0 Å². The number of carboxylic acids is 1. The smallest absolute Gasteiger partial charge is 0.320 e. The molecule has 3 atom stereocenters. The van der Waals surface area contributed by atoms with Gasteiger partial charge in [0.25, 0.3) is 0 Å². The summed E-state index contributed by atoms with van der Waals surface area (Å²) in [7, 11) is 0. The van der Waals surface area contributed by atoms with Crippen molar-refractivity contribution in [2.24, 2.45) is 11.7 Å². The van der Waals surface area contributed by atoms with E-state index in [0.29, 0.717) is 45.3 Å². The fourth-order valence-corrected chi connectivity index (χ4v) is 4.21. The summed E-state index contributed by atoms with van der Waals surface area (Å²) >= 11 is 0. The molecule has 2 rings (SSSR count). The quantitative estimate of drug-likeness (QED) is 0.178. The molecule has 0 aliphatic carbocycles. The molecule has 212 valence electrons. The topological polar surface area (TPSA) is 148 Å². The van der Waals surface area contributed by atoms with Crippen molar-refractivity contribution < 1.29 is 29.0 Å². The van der Waals surface area contributed by atoms with Crippen molar-refractivity contribution >= 4 is 23.8 Å². The summed E-state index contributed by atoms with van der Waals surface area (Å²) in [5.74, 6) is -2.25. The second-order valence-corrected chi connectivity index (χ2v) is 9.71. The standard InChI is InChI=1S/C30H41N3O6/c1-3-39-30(38)21(2)19-25(20-22-12-14-24(15-13-22)23-9-5-4-6-10-23)33-28(35)17-16-27(34)32-18-8-7-11-26(31)29(36)37/h4-6,9-10,12-15,21,25-26H,3,7-8,11,16-20,31H2,1-2H3,(H,32,34)(H,33,35)(H,36,37)/t21-,25+,26+/m1/s1. The number of amides is 2. The largest absolute Gasteiger partial charge is 0.480 e. The number of aliphatic carboxylic acids is 1. The predicted octanol–water partition coefficient (Wildman–Crippen LogP) is 3.45. The third-order valence-electron chi connectivity index (χ3n) is 6.40. The van der Waals surface area contributed by atoms with Gasteiger partial charge < -0.3 is 26.2 Å². The molecule has 0 saturated carbocycles. The van der Waals surface area contributed by atoms with Gasteiger partial charge in [0, 0.05) is 25.4 Å². The van der Waals surface area contributed by atoms with Crippen LogP contribution in [0, 0.1) is 5.92 Å². The summed E-state index contributed by atoms with van der Waals surface area (Å²) in [4.78, 5) is 47.8. The monoisotopic (exact) mass is 539 g/mol. The number of esters is 1. The molecule has 0 unspecified atom stereocenters. The lowest BCUT2D eigenvalue weighted by atomic mass is 9.94. The van der Waals surface area contributed by atoms with Gasteiger partial charge in [0.2, 0.25) is 11.8 Å². The van der Waals surface area contributed by atoms with Gasteiger partial charge in [0.1, 0.15) is 6.04 Å². The average molecular weight is 540 g/mol. The van der Waals surface area contributed by atoms with Crippen LogP contribution in [0.5, 0.6) is 0 Å². The Morgan fingerprint density at radius 2 is 1.56 bits per heavy atom. The van der Waals surface area contributed by atoms with Gasteiger partial charge in [-0.05, 0) is 55.7 Å². The van der Waals surface area contributed by atoms with Crippen LogP contribution in [-0.4, -0.2) is 54.1 Å². The van der Waals surface area contributed by atoms with Gasteiger partial charge in [0.05, 0.1) is 12.5 Å². The Balaban J connectivity index is 1.88. The van der Waals surface area contributed by atoms with E-state index in [9.17, 15) is 19.2 Å². The lowest BCUT2D eigenvalue weighted by molar-refractivity contribution is -0.148. The van der Waals surface area contributed by atoms with Crippen molar-refractivity contribution in [3.8, 4) is 11.1 Å². The van der Waals surface area contributed by atoms with E-state index >= 15 is 0 Å². The normalized spacial score (nSPS) is 13.1. The van der Waals surface area contributed by atoms with E-state index in [0.717, 1.165) is 16.7 Å². The lowest BCUT2D eigenvalue weighted by Crippen LogP contribution is -2.39. The molecule has 0 saturated heterocycles. The molecule has 2 aromatic rings. The molecule has 0 aliphatic rings. The van der Waals surface area contributed by atoms with Crippen LogP contribution in [0.25, 0.3) is 11.1 Å². The molecule has 9 nitrogen and oxygen atoms in total. The first-order chi connectivity index (χ1) is 18.7. The summed E-state index contributed by atoms with van der Waals surface area (Å²) in [5, 5.41) is 14.5. The number of carboxylic acid groups (broad SMARTS) is 1. The summed E-state index contributed by atoms with van der Waals surface area (Å²) in [6.45, 7) is 4.23. The molecular formula is C30H41N3O6. The maximum atomic E-state index is 12.7. The Morgan fingerprint density at radius 3 is 2.21 bits per heavy atom. The molecule has 0 fully saturated rings. The highest BCUT2D eigenvalue weighted by Gasteiger charge is 2.22. The van der Waals surface area contributed by atoms with Crippen LogP contribution in [0.15, 0.2) is 54.6 Å². The molecule has 5 N–H and O–H groups in total. The van der Waals surface area contributed by atoms with Crippen LogP contribution in [0.3, 0.4) is 0 Å². The van der Waals surface area contributed by atoms with Crippen LogP contribution in [0.1, 0.15) is 57.9 Å². The van der Waals surface area contributed by atoms with Crippen LogP contribution < -0.4 is 16.4 Å². The van der Waals surface area contributed by atoms with Gasteiger partial charge in [0.15, 0.2) is 0 Å². The molecule has 2 amide bonds. The summed E-state index contributed by atoms with van der Waals surface area (Å²) < 4.78 is 5.14. The summed E-state index contributed by atoms with van der Waals surface area (Å²) in [6.07, 6.45) is 2.54. The SMILES string of the molecule is CCOC(=O)[C@H](C)C[C@@H](Cc1ccc(-c2ccccc2)cc1)NC(=O)CCC(=O)NCCCC[C@H](N)C(=O)O. The van der Waals surface area contributed by atoms with E-state index in [1.54, 1.807) is 13.8 Å². The van der Waals surface area contributed by atoms with Crippen LogP contribution in [0.2, 0.25) is 0 Å². The Hall–Kier alpha value is -3.72. The maximum absolute atomic E-state index is 12.7. The highest BCUT2D eigenvalue weighted by molar-refractivity contribution is 5.84. The highest BCUT2D eigenvalue weighted by atomic mass is 16.5. The van der Waals surface area contributed by atoms with Crippen molar-refractivity contribution in [3.63, 3.8) is 0 Å². The van der Waals surface area contributed by atoms with Gasteiger partial charge in [-0.1, -0.05) is 61.5 Å². The number of rotatable bonds is 17. The van der Waals surface area contributed by atoms with E-state index in [-0.39, 0.29) is 36.7 Å². The van der Waals surface area contributed by atoms with Crippen molar-refractivity contribution in [2.75, 3.05) is 13.2 Å². The van der Waals surface area contributed by atoms with E-state index in [2.05, 4.69) is 10.6 Å². The number of nitrogens with two attached hydrogens (primary N) is 1. The predicted molar refractivity (Wildman–Crippen MR) is 150 cm³/mol. The van der Waals surface area contributed by atoms with Crippen LogP contribution in [0.4, 0.5) is 0 Å². The van der Waals surface area contributed by atoms with Gasteiger partial charge in [-0.3, -0.25) is 19.2 Å². The van der Waals surface area contributed by atoms with E-state index in [1.807, 2.05) is 54.6 Å². The van der Waals surface area contributed by atoms with Gasteiger partial charge >= 0.3 is 11.9 Å². The highest BCUT2D eigenvalue weighted by Crippen LogP contribution is 2.21. The molecule has 0 aromatic heterocycles. The summed E-state index contributed by atoms with van der Waals surface area (Å²) in [6, 6.07) is 17.0. The molecule has 0 bridgehead atoms. The van der Waals surface area contributed by atoms with Gasteiger partial charge in [-0.2, -0.15) is 0 Å². The number of hydrogen-bond donors (Lipinski definition) is 4. The molecule has 39 heavy (non-hydrogen) atoms. The lowest BCUT2D eigenvalue weighted by Gasteiger charge is -2.22. The third-order valence-corrected chi connectivity index (χ3v) is 6.40. The van der Waals surface area contributed by atoms with Crippen molar-refractivity contribution in [3.05, 3.63) is 60.2 Å². The molecule has 0 heterocycles. The number of carbonyl (C=O) groups is 4. The Morgan fingerprint density at radius 1 is 0.923 bits per heavy atom. The minimum Gasteiger partial charge on any atom is -0.480 e. The fraction of sp³-hybridized carbons (Fsp3) is 0.467. The Labute approximate surface area is 230 Å². The number of unbranched alkanes of at least 4 members (excludes halogenated alkanes) is 1. The number of nitrogens with one attached hydrogen (secondary N) is 2. The minimum absolute atomic E-state index is 0.0208. The second-order valence-electron chi connectivity index (χ2n) is 9.71. The first-order valence-electron chi connectivity index (χ1n) is 13.5. The first-order valence-corrected chi connectivity index (χ1v) is 13.5. The van der Waals surface area contributed by atoms with Crippen molar-refractivity contribution in [1.82, 2.24) is 10.6 Å².